The van der Waals surface area contributed by atoms with Gasteiger partial charge in [-0.3, -0.25) is 0 Å². The summed E-state index contributed by atoms with van der Waals surface area (Å²) in [7, 11) is 0. The van der Waals surface area contributed by atoms with Gasteiger partial charge in [0.05, 0.1) is 10.2 Å². The SMILES string of the molecule is Cc1cc(F)c(Br)cc1Nc1cccc(C(N)=S)n1. The molecule has 3 N–H and O–H groups in total. The molecule has 98 valence electrons. The van der Waals surface area contributed by atoms with Crippen molar-refractivity contribution in [1.29, 1.82) is 0 Å². The number of nitrogens with zero attached hydrogens (tertiary/aromatic N) is 1. The minimum atomic E-state index is -0.298. The number of pyridine rings is 1. The van der Waals surface area contributed by atoms with Crippen LogP contribution in [-0.2, 0) is 0 Å². The van der Waals surface area contributed by atoms with Crippen molar-refractivity contribution in [3.63, 3.8) is 0 Å². The molecule has 0 aliphatic heterocycles. The van der Waals surface area contributed by atoms with E-state index in [-0.39, 0.29) is 10.8 Å². The van der Waals surface area contributed by atoms with E-state index in [1.807, 2.05) is 6.92 Å². The van der Waals surface area contributed by atoms with Crippen molar-refractivity contribution in [3.05, 3.63) is 51.9 Å². The lowest BCUT2D eigenvalue weighted by Gasteiger charge is -2.10. The third kappa shape index (κ3) is 3.27. The summed E-state index contributed by atoms with van der Waals surface area (Å²) in [6.07, 6.45) is 0. The number of hydrogen-bond acceptors (Lipinski definition) is 3. The summed E-state index contributed by atoms with van der Waals surface area (Å²) in [6.45, 7) is 1.81. The number of rotatable bonds is 3. The molecule has 1 aromatic heterocycles. The Kier molecular flexibility index (Phi) is 4.11. The maximum atomic E-state index is 13.3. The molecular weight excluding hydrogens is 329 g/mol. The molecule has 0 fully saturated rings. The van der Waals surface area contributed by atoms with Crippen LogP contribution in [0.3, 0.4) is 0 Å². The maximum absolute atomic E-state index is 13.3. The minimum absolute atomic E-state index is 0.237. The van der Waals surface area contributed by atoms with E-state index in [1.165, 1.54) is 6.07 Å². The Hall–Kier alpha value is -1.53. The molecule has 0 amide bonds. The third-order valence-electron chi connectivity index (χ3n) is 2.53. The number of anilines is 2. The summed E-state index contributed by atoms with van der Waals surface area (Å²) in [5.41, 5.74) is 7.62. The highest BCUT2D eigenvalue weighted by atomic mass is 79.9. The summed E-state index contributed by atoms with van der Waals surface area (Å²) in [4.78, 5) is 4.51. The van der Waals surface area contributed by atoms with Crippen LogP contribution < -0.4 is 11.1 Å². The van der Waals surface area contributed by atoms with Crippen molar-refractivity contribution < 1.29 is 4.39 Å². The molecule has 0 radical (unpaired) electrons. The Morgan fingerprint density at radius 1 is 1.42 bits per heavy atom. The Morgan fingerprint density at radius 2 is 2.16 bits per heavy atom. The maximum Gasteiger partial charge on any atom is 0.137 e. The van der Waals surface area contributed by atoms with Gasteiger partial charge in [0, 0.05) is 5.69 Å². The molecule has 0 aliphatic rings. The Labute approximate surface area is 124 Å². The van der Waals surface area contributed by atoms with Crippen molar-refractivity contribution >= 4 is 44.6 Å². The molecule has 1 heterocycles. The molecule has 3 nitrogen and oxygen atoms in total. The van der Waals surface area contributed by atoms with Gasteiger partial charge >= 0.3 is 0 Å². The first-order valence-corrected chi connectivity index (χ1v) is 6.67. The first-order chi connectivity index (χ1) is 8.97. The monoisotopic (exact) mass is 339 g/mol. The number of hydrogen-bond donors (Lipinski definition) is 2. The third-order valence-corrected chi connectivity index (χ3v) is 3.35. The molecular formula is C13H11BrFN3S. The van der Waals surface area contributed by atoms with Gasteiger partial charge in [0.15, 0.2) is 0 Å². The first kappa shape index (κ1) is 13.9. The second-order valence-electron chi connectivity index (χ2n) is 3.98. The van der Waals surface area contributed by atoms with Gasteiger partial charge in [0.25, 0.3) is 0 Å². The van der Waals surface area contributed by atoms with E-state index < -0.39 is 0 Å². The van der Waals surface area contributed by atoms with Gasteiger partial charge in [0.2, 0.25) is 0 Å². The van der Waals surface area contributed by atoms with E-state index >= 15 is 0 Å². The average Bonchev–Trinajstić information content (AvgIpc) is 2.36. The quantitative estimate of drug-likeness (QED) is 0.837. The molecule has 2 aromatic rings. The van der Waals surface area contributed by atoms with E-state index in [9.17, 15) is 4.39 Å². The number of aryl methyl sites for hydroxylation is 1. The normalized spacial score (nSPS) is 10.3. The fourth-order valence-electron chi connectivity index (χ4n) is 1.56. The smallest absolute Gasteiger partial charge is 0.137 e. The molecule has 6 heteroatoms. The van der Waals surface area contributed by atoms with Crippen LogP contribution in [0.4, 0.5) is 15.9 Å². The van der Waals surface area contributed by atoms with E-state index in [0.717, 1.165) is 11.3 Å². The highest BCUT2D eigenvalue weighted by molar-refractivity contribution is 9.10. The lowest BCUT2D eigenvalue weighted by molar-refractivity contribution is 0.620. The van der Waals surface area contributed by atoms with Crippen molar-refractivity contribution in [2.24, 2.45) is 5.73 Å². The average molecular weight is 340 g/mol. The lowest BCUT2D eigenvalue weighted by Crippen LogP contribution is -2.12. The molecule has 19 heavy (non-hydrogen) atoms. The van der Waals surface area contributed by atoms with E-state index in [2.05, 4.69) is 26.2 Å². The number of benzene rings is 1. The highest BCUT2D eigenvalue weighted by Gasteiger charge is 2.07. The van der Waals surface area contributed by atoms with Gasteiger partial charge in [0.1, 0.15) is 16.6 Å². The summed E-state index contributed by atoms with van der Waals surface area (Å²) < 4.78 is 13.7. The zero-order chi connectivity index (χ0) is 14.0. The lowest BCUT2D eigenvalue weighted by atomic mass is 10.2. The molecule has 0 bridgehead atoms. The van der Waals surface area contributed by atoms with E-state index in [4.69, 9.17) is 18.0 Å². The van der Waals surface area contributed by atoms with Gasteiger partial charge in [-0.05, 0) is 52.7 Å². The van der Waals surface area contributed by atoms with Crippen LogP contribution in [0.1, 0.15) is 11.3 Å². The van der Waals surface area contributed by atoms with Gasteiger partial charge in [-0.1, -0.05) is 18.3 Å². The largest absolute Gasteiger partial charge is 0.388 e. The fraction of sp³-hybridized carbons (Fsp3) is 0.0769. The Bertz CT molecular complexity index is 646. The van der Waals surface area contributed by atoms with Gasteiger partial charge in [-0.2, -0.15) is 0 Å². The molecule has 0 saturated carbocycles. The number of halogens is 2. The molecule has 0 aliphatic carbocycles. The number of nitrogens with two attached hydrogens (primary N) is 1. The van der Waals surface area contributed by atoms with Crippen molar-refractivity contribution in [1.82, 2.24) is 4.98 Å². The second-order valence-corrected chi connectivity index (χ2v) is 5.27. The van der Waals surface area contributed by atoms with Crippen LogP contribution in [0.2, 0.25) is 0 Å². The predicted octanol–water partition coefficient (Wildman–Crippen LogP) is 3.67. The van der Waals surface area contributed by atoms with Crippen LogP contribution in [-0.4, -0.2) is 9.97 Å². The number of thiocarbonyl (C=S) groups is 1. The fourth-order valence-corrected chi connectivity index (χ4v) is 2.02. The van der Waals surface area contributed by atoms with E-state index in [1.54, 1.807) is 24.3 Å². The molecule has 0 atom stereocenters. The summed E-state index contributed by atoms with van der Waals surface area (Å²) in [5.74, 6) is 0.305. The van der Waals surface area contributed by atoms with Crippen LogP contribution in [0.15, 0.2) is 34.8 Å². The molecule has 2 rings (SSSR count). The molecule has 0 unspecified atom stereocenters. The first-order valence-electron chi connectivity index (χ1n) is 5.47. The number of aromatic nitrogens is 1. The van der Waals surface area contributed by atoms with Crippen molar-refractivity contribution in [2.75, 3.05) is 5.32 Å². The minimum Gasteiger partial charge on any atom is -0.388 e. The number of nitrogens with one attached hydrogen (secondary N) is 1. The van der Waals surface area contributed by atoms with E-state index in [0.29, 0.717) is 16.0 Å². The molecule has 1 aromatic carbocycles. The topological polar surface area (TPSA) is 50.9 Å². The van der Waals surface area contributed by atoms with Crippen molar-refractivity contribution in [2.45, 2.75) is 6.92 Å². The Morgan fingerprint density at radius 3 is 2.84 bits per heavy atom. The van der Waals surface area contributed by atoms with Gasteiger partial charge < -0.3 is 11.1 Å². The molecule has 0 saturated heterocycles. The van der Waals surface area contributed by atoms with Crippen LogP contribution in [0, 0.1) is 12.7 Å². The molecule has 0 spiro atoms. The van der Waals surface area contributed by atoms with Crippen LogP contribution >= 0.6 is 28.1 Å². The summed E-state index contributed by atoms with van der Waals surface area (Å²) in [5, 5.41) is 3.11. The predicted molar refractivity (Wildman–Crippen MR) is 82.2 cm³/mol. The van der Waals surface area contributed by atoms with Gasteiger partial charge in [-0.15, -0.1) is 0 Å². The van der Waals surface area contributed by atoms with Crippen molar-refractivity contribution in [3.8, 4) is 0 Å². The zero-order valence-corrected chi connectivity index (χ0v) is 12.5. The van der Waals surface area contributed by atoms with Crippen LogP contribution in [0.25, 0.3) is 0 Å². The van der Waals surface area contributed by atoms with Crippen LogP contribution in [0.5, 0.6) is 0 Å². The standard InChI is InChI=1S/C13H11BrFN3S/c1-7-5-9(15)8(14)6-11(7)18-12-4-2-3-10(17-12)13(16)19/h2-6H,1H3,(H2,16,19)(H,17,18). The highest BCUT2D eigenvalue weighted by Crippen LogP contribution is 2.26. The second kappa shape index (κ2) is 5.63. The summed E-state index contributed by atoms with van der Waals surface area (Å²) in [6, 6.07) is 8.45. The van der Waals surface area contributed by atoms with Gasteiger partial charge in [-0.25, -0.2) is 9.37 Å². The summed E-state index contributed by atoms with van der Waals surface area (Å²) >= 11 is 8.04. The zero-order valence-electron chi connectivity index (χ0n) is 10.1. The Balaban J connectivity index is 2.33.